The molecule has 0 bridgehead atoms. The highest BCUT2D eigenvalue weighted by molar-refractivity contribution is 4.75. The predicted octanol–water partition coefficient (Wildman–Crippen LogP) is 3.44. The summed E-state index contributed by atoms with van der Waals surface area (Å²) in [5.74, 6) is 0. The molecule has 0 unspecified atom stereocenters. The van der Waals surface area contributed by atoms with Crippen LogP contribution in [0, 0.1) is 16.7 Å². The maximum atomic E-state index is 8.61. The van der Waals surface area contributed by atoms with Gasteiger partial charge in [0.2, 0.25) is 0 Å². The number of unbranched alkanes of at least 4 members (excludes halogenated alkanes) is 2. The van der Waals surface area contributed by atoms with Gasteiger partial charge in [-0.3, -0.25) is 0 Å². The Morgan fingerprint density at radius 2 is 1.80 bits per heavy atom. The monoisotopic (exact) mass is 210 g/mol. The van der Waals surface area contributed by atoms with Gasteiger partial charge in [0.05, 0.1) is 6.07 Å². The Bertz CT molecular complexity index is 186. The second kappa shape index (κ2) is 7.70. The van der Waals surface area contributed by atoms with E-state index in [9.17, 15) is 0 Å². The van der Waals surface area contributed by atoms with E-state index < -0.39 is 0 Å². The lowest BCUT2D eigenvalue weighted by molar-refractivity contribution is 0.191. The van der Waals surface area contributed by atoms with E-state index in [4.69, 9.17) is 5.26 Å². The van der Waals surface area contributed by atoms with Gasteiger partial charge in [-0.1, -0.05) is 40.5 Å². The molecule has 0 heterocycles. The van der Waals surface area contributed by atoms with Gasteiger partial charge in [0.15, 0.2) is 0 Å². The first-order valence-corrected chi connectivity index (χ1v) is 6.09. The van der Waals surface area contributed by atoms with E-state index in [1.165, 1.54) is 19.3 Å². The van der Waals surface area contributed by atoms with Crippen LogP contribution >= 0.6 is 0 Å². The molecule has 0 aliphatic rings. The highest BCUT2D eigenvalue weighted by atomic mass is 15.1. The summed E-state index contributed by atoms with van der Waals surface area (Å²) < 4.78 is 0. The molecule has 0 amide bonds. The molecule has 0 atom stereocenters. The molecule has 0 spiro atoms. The number of nitrogens with zero attached hydrogens (tertiary/aromatic N) is 2. The Labute approximate surface area is 95.3 Å². The summed E-state index contributed by atoms with van der Waals surface area (Å²) in [5.41, 5.74) is 0.335. The van der Waals surface area contributed by atoms with E-state index in [0.717, 1.165) is 19.6 Å². The van der Waals surface area contributed by atoms with Crippen molar-refractivity contribution >= 4 is 0 Å². The first-order valence-electron chi connectivity index (χ1n) is 6.09. The molecule has 0 aromatic carbocycles. The molecular formula is C13H26N2. The summed E-state index contributed by atoms with van der Waals surface area (Å²) >= 11 is 0. The molecular weight excluding hydrogens is 184 g/mol. The normalized spacial score (nSPS) is 11.7. The van der Waals surface area contributed by atoms with Gasteiger partial charge in [-0.2, -0.15) is 5.26 Å². The fraction of sp³-hybridized carbons (Fsp3) is 0.923. The third-order valence-corrected chi connectivity index (χ3v) is 2.32. The minimum absolute atomic E-state index is 0.335. The fourth-order valence-electron chi connectivity index (χ4n) is 1.73. The Morgan fingerprint density at radius 1 is 1.13 bits per heavy atom. The van der Waals surface area contributed by atoms with Crippen LogP contribution in [0.2, 0.25) is 0 Å². The average molecular weight is 210 g/mol. The van der Waals surface area contributed by atoms with Crippen molar-refractivity contribution in [2.75, 3.05) is 19.6 Å². The maximum Gasteiger partial charge on any atom is 0.0635 e. The molecule has 2 nitrogen and oxygen atoms in total. The highest BCUT2D eigenvalue weighted by Gasteiger charge is 2.15. The van der Waals surface area contributed by atoms with E-state index in [1.54, 1.807) is 0 Å². The molecule has 0 saturated carbocycles. The van der Waals surface area contributed by atoms with Crippen molar-refractivity contribution in [3.8, 4) is 6.07 Å². The molecule has 0 rings (SSSR count). The Balaban J connectivity index is 3.90. The van der Waals surface area contributed by atoms with Crippen LogP contribution in [0.15, 0.2) is 0 Å². The number of nitriles is 1. The van der Waals surface area contributed by atoms with Crippen LogP contribution < -0.4 is 0 Å². The second-order valence-electron chi connectivity index (χ2n) is 5.45. The largest absolute Gasteiger partial charge is 0.302 e. The summed E-state index contributed by atoms with van der Waals surface area (Å²) in [6.45, 7) is 12.2. The molecule has 0 aromatic heterocycles. The molecule has 0 aromatic rings. The SMILES string of the molecule is CCCCCN(CCC#N)CC(C)(C)C. The molecule has 15 heavy (non-hydrogen) atoms. The highest BCUT2D eigenvalue weighted by Crippen LogP contribution is 2.15. The lowest BCUT2D eigenvalue weighted by Gasteiger charge is -2.29. The Hall–Kier alpha value is -0.550. The predicted molar refractivity (Wildman–Crippen MR) is 65.7 cm³/mol. The van der Waals surface area contributed by atoms with Crippen molar-refractivity contribution in [2.24, 2.45) is 5.41 Å². The number of hydrogen-bond acceptors (Lipinski definition) is 2. The first kappa shape index (κ1) is 14.5. The van der Waals surface area contributed by atoms with E-state index in [2.05, 4.69) is 38.7 Å². The number of rotatable bonds is 7. The standard InChI is InChI=1S/C13H26N2/c1-5-6-7-10-15(11-8-9-14)12-13(2,3)4/h5-8,10-12H2,1-4H3. The van der Waals surface area contributed by atoms with Crippen molar-refractivity contribution in [3.05, 3.63) is 0 Å². The summed E-state index contributed by atoms with van der Waals surface area (Å²) in [7, 11) is 0. The van der Waals surface area contributed by atoms with Crippen LogP contribution in [-0.4, -0.2) is 24.5 Å². The van der Waals surface area contributed by atoms with Crippen molar-refractivity contribution in [3.63, 3.8) is 0 Å². The van der Waals surface area contributed by atoms with Crippen LogP contribution in [-0.2, 0) is 0 Å². The summed E-state index contributed by atoms with van der Waals surface area (Å²) in [4.78, 5) is 2.43. The zero-order chi connectivity index (χ0) is 11.7. The minimum Gasteiger partial charge on any atom is -0.302 e. The molecule has 88 valence electrons. The van der Waals surface area contributed by atoms with Crippen LogP contribution in [0.1, 0.15) is 53.4 Å². The fourth-order valence-corrected chi connectivity index (χ4v) is 1.73. The third-order valence-electron chi connectivity index (χ3n) is 2.32. The zero-order valence-corrected chi connectivity index (χ0v) is 10.8. The molecule has 2 heteroatoms. The molecule has 0 aliphatic heterocycles. The van der Waals surface area contributed by atoms with Crippen molar-refractivity contribution < 1.29 is 0 Å². The van der Waals surface area contributed by atoms with Gasteiger partial charge in [0.1, 0.15) is 0 Å². The van der Waals surface area contributed by atoms with E-state index in [1.807, 2.05) is 0 Å². The second-order valence-corrected chi connectivity index (χ2v) is 5.45. The van der Waals surface area contributed by atoms with Crippen molar-refractivity contribution in [2.45, 2.75) is 53.4 Å². The quantitative estimate of drug-likeness (QED) is 0.602. The maximum absolute atomic E-state index is 8.61. The summed E-state index contributed by atoms with van der Waals surface area (Å²) in [5, 5.41) is 8.61. The van der Waals surface area contributed by atoms with Gasteiger partial charge < -0.3 is 4.90 Å². The van der Waals surface area contributed by atoms with E-state index >= 15 is 0 Å². The lowest BCUT2D eigenvalue weighted by atomic mass is 9.96. The van der Waals surface area contributed by atoms with Gasteiger partial charge in [-0.25, -0.2) is 0 Å². The van der Waals surface area contributed by atoms with Gasteiger partial charge in [-0.05, 0) is 18.4 Å². The topological polar surface area (TPSA) is 27.0 Å². The Morgan fingerprint density at radius 3 is 2.27 bits per heavy atom. The van der Waals surface area contributed by atoms with E-state index in [-0.39, 0.29) is 0 Å². The number of hydrogen-bond donors (Lipinski definition) is 0. The summed E-state index contributed by atoms with van der Waals surface area (Å²) in [6.07, 6.45) is 4.48. The van der Waals surface area contributed by atoms with Gasteiger partial charge in [-0.15, -0.1) is 0 Å². The molecule has 0 aliphatic carbocycles. The average Bonchev–Trinajstić information content (AvgIpc) is 2.12. The third kappa shape index (κ3) is 9.75. The first-order chi connectivity index (χ1) is 6.99. The molecule has 0 N–H and O–H groups in total. The zero-order valence-electron chi connectivity index (χ0n) is 10.8. The minimum atomic E-state index is 0.335. The molecule has 0 saturated heterocycles. The van der Waals surface area contributed by atoms with E-state index in [0.29, 0.717) is 11.8 Å². The van der Waals surface area contributed by atoms with Crippen molar-refractivity contribution in [1.82, 2.24) is 4.90 Å². The summed E-state index contributed by atoms with van der Waals surface area (Å²) in [6, 6.07) is 2.23. The van der Waals surface area contributed by atoms with Gasteiger partial charge >= 0.3 is 0 Å². The smallest absolute Gasteiger partial charge is 0.0635 e. The van der Waals surface area contributed by atoms with Crippen molar-refractivity contribution in [1.29, 1.82) is 5.26 Å². The molecule has 0 radical (unpaired) electrons. The molecule has 0 fully saturated rings. The van der Waals surface area contributed by atoms with Gasteiger partial charge in [0.25, 0.3) is 0 Å². The van der Waals surface area contributed by atoms with Gasteiger partial charge in [0, 0.05) is 19.5 Å². The van der Waals surface area contributed by atoms with Crippen LogP contribution in [0.5, 0.6) is 0 Å². The lowest BCUT2D eigenvalue weighted by Crippen LogP contribution is -2.34. The van der Waals surface area contributed by atoms with Crippen LogP contribution in [0.4, 0.5) is 0 Å². The van der Waals surface area contributed by atoms with Crippen LogP contribution in [0.3, 0.4) is 0 Å². The van der Waals surface area contributed by atoms with Crippen LogP contribution in [0.25, 0.3) is 0 Å². The Kier molecular flexibility index (Phi) is 7.42.